The first kappa shape index (κ1) is 18.3. The number of aromatic hydroxyl groups is 2. The molecule has 0 spiro atoms. The maximum Gasteiger partial charge on any atom is 0.161 e. The molecule has 0 amide bonds. The Morgan fingerprint density at radius 3 is 2.54 bits per heavy atom. The Morgan fingerprint density at radius 2 is 1.82 bits per heavy atom. The van der Waals surface area contributed by atoms with Crippen LogP contribution in [0.3, 0.4) is 0 Å². The maximum absolute atomic E-state index is 10.4. The van der Waals surface area contributed by atoms with E-state index in [1.54, 1.807) is 13.2 Å². The number of methoxy groups -OCH3 is 2. The van der Waals surface area contributed by atoms with E-state index < -0.39 is 5.60 Å². The summed E-state index contributed by atoms with van der Waals surface area (Å²) >= 11 is 0. The normalized spacial score (nSPS) is 19.1. The Balaban J connectivity index is 1.76. The number of hydrogen-bond acceptors (Lipinski definition) is 6. The number of benzene rings is 2. The summed E-state index contributed by atoms with van der Waals surface area (Å²) in [6, 6.07) is 4.86. The summed E-state index contributed by atoms with van der Waals surface area (Å²) in [4.78, 5) is 0. The van der Waals surface area contributed by atoms with Crippen LogP contribution in [0.25, 0.3) is 6.08 Å². The molecule has 0 saturated heterocycles. The second kappa shape index (κ2) is 6.55. The summed E-state index contributed by atoms with van der Waals surface area (Å²) in [5.41, 5.74) is 2.08. The van der Waals surface area contributed by atoms with Gasteiger partial charge in [0.2, 0.25) is 0 Å². The summed E-state index contributed by atoms with van der Waals surface area (Å²) < 4.78 is 23.0. The van der Waals surface area contributed by atoms with Crippen LogP contribution in [0.5, 0.6) is 34.5 Å². The lowest BCUT2D eigenvalue weighted by molar-refractivity contribution is 0.156. The Morgan fingerprint density at radius 1 is 1.04 bits per heavy atom. The van der Waals surface area contributed by atoms with Crippen LogP contribution in [0.1, 0.15) is 36.5 Å². The number of ether oxygens (including phenoxy) is 4. The van der Waals surface area contributed by atoms with Crippen molar-refractivity contribution in [2.24, 2.45) is 0 Å². The number of hydrogen-bond donors (Lipinski definition) is 2. The van der Waals surface area contributed by atoms with Crippen LogP contribution in [-0.2, 0) is 6.42 Å². The Bertz CT molecular complexity index is 960. The average Bonchev–Trinajstić information content (AvgIpc) is 2.65. The minimum atomic E-state index is -0.391. The lowest BCUT2D eigenvalue weighted by Gasteiger charge is -2.33. The van der Waals surface area contributed by atoms with Gasteiger partial charge in [0.15, 0.2) is 11.5 Å². The van der Waals surface area contributed by atoms with Crippen LogP contribution >= 0.6 is 0 Å². The monoisotopic (exact) mass is 384 g/mol. The van der Waals surface area contributed by atoms with Crippen LogP contribution in [0, 0.1) is 0 Å². The highest BCUT2D eigenvalue weighted by atomic mass is 16.5. The number of fused-ring (bicyclic) bond motifs is 2. The molecule has 2 aliphatic rings. The van der Waals surface area contributed by atoms with Crippen LogP contribution in [0.2, 0.25) is 0 Å². The number of phenols is 2. The third-order valence-corrected chi connectivity index (χ3v) is 5.23. The van der Waals surface area contributed by atoms with E-state index in [0.717, 1.165) is 22.6 Å². The van der Waals surface area contributed by atoms with Crippen molar-refractivity contribution in [1.82, 2.24) is 0 Å². The van der Waals surface area contributed by atoms with Gasteiger partial charge in [-0.15, -0.1) is 0 Å². The molecule has 2 aliphatic heterocycles. The van der Waals surface area contributed by atoms with Gasteiger partial charge >= 0.3 is 0 Å². The standard InChI is InChI=1S/C22H24O6/c1-22(2)6-5-13-19(28-22)10-18-15(21(13)26-4)7-12(11-27-18)14-8-20(25-3)17(24)9-16(14)23/h5-6,8-10,12,23-24H,7,11H2,1-4H3. The second-order valence-electron chi connectivity index (χ2n) is 7.63. The summed E-state index contributed by atoms with van der Waals surface area (Å²) in [6.07, 6.45) is 4.63. The van der Waals surface area contributed by atoms with Crippen LogP contribution < -0.4 is 18.9 Å². The fourth-order valence-electron chi connectivity index (χ4n) is 3.83. The topological polar surface area (TPSA) is 77.4 Å². The predicted molar refractivity (Wildman–Crippen MR) is 105 cm³/mol. The molecule has 2 aromatic rings. The van der Waals surface area contributed by atoms with Crippen molar-refractivity contribution >= 4 is 6.08 Å². The van der Waals surface area contributed by atoms with Crippen molar-refractivity contribution in [3.8, 4) is 34.5 Å². The largest absolute Gasteiger partial charge is 0.508 e. The van der Waals surface area contributed by atoms with Gasteiger partial charge in [-0.3, -0.25) is 0 Å². The zero-order valence-electron chi connectivity index (χ0n) is 16.4. The average molecular weight is 384 g/mol. The molecule has 2 heterocycles. The second-order valence-corrected chi connectivity index (χ2v) is 7.63. The summed E-state index contributed by atoms with van der Waals surface area (Å²) in [7, 11) is 3.11. The van der Waals surface area contributed by atoms with Gasteiger partial charge in [0.05, 0.1) is 26.4 Å². The van der Waals surface area contributed by atoms with Gasteiger partial charge in [-0.05, 0) is 38.5 Å². The van der Waals surface area contributed by atoms with E-state index in [1.807, 2.05) is 32.1 Å². The molecule has 0 aliphatic carbocycles. The Hall–Kier alpha value is -3.02. The molecule has 0 radical (unpaired) electrons. The minimum Gasteiger partial charge on any atom is -0.508 e. The Kier molecular flexibility index (Phi) is 4.29. The first-order valence-electron chi connectivity index (χ1n) is 9.17. The van der Waals surface area contributed by atoms with Crippen molar-refractivity contribution in [3.63, 3.8) is 0 Å². The van der Waals surface area contributed by atoms with Gasteiger partial charge in [-0.2, -0.15) is 0 Å². The van der Waals surface area contributed by atoms with E-state index in [9.17, 15) is 10.2 Å². The van der Waals surface area contributed by atoms with Crippen LogP contribution in [0.15, 0.2) is 24.3 Å². The first-order chi connectivity index (χ1) is 13.3. The van der Waals surface area contributed by atoms with Crippen LogP contribution in [-0.4, -0.2) is 36.6 Å². The fourth-order valence-corrected chi connectivity index (χ4v) is 3.83. The molecule has 0 bridgehead atoms. The highest BCUT2D eigenvalue weighted by Crippen LogP contribution is 2.48. The smallest absolute Gasteiger partial charge is 0.161 e. The van der Waals surface area contributed by atoms with E-state index in [4.69, 9.17) is 18.9 Å². The van der Waals surface area contributed by atoms with E-state index >= 15 is 0 Å². The van der Waals surface area contributed by atoms with Crippen molar-refractivity contribution < 1.29 is 29.2 Å². The quantitative estimate of drug-likeness (QED) is 0.832. The first-order valence-corrected chi connectivity index (χ1v) is 9.17. The molecule has 0 saturated carbocycles. The molecule has 0 aromatic heterocycles. The molecule has 1 atom stereocenters. The third kappa shape index (κ3) is 2.99. The van der Waals surface area contributed by atoms with Gasteiger partial charge in [-0.25, -0.2) is 0 Å². The van der Waals surface area contributed by atoms with Crippen molar-refractivity contribution in [2.75, 3.05) is 20.8 Å². The van der Waals surface area contributed by atoms with Gasteiger partial charge < -0.3 is 29.2 Å². The van der Waals surface area contributed by atoms with E-state index in [1.165, 1.54) is 13.2 Å². The molecular weight excluding hydrogens is 360 g/mol. The predicted octanol–water partition coefficient (Wildman–Crippen LogP) is 4.02. The lowest BCUT2D eigenvalue weighted by Crippen LogP contribution is -2.28. The summed E-state index contributed by atoms with van der Waals surface area (Å²) in [5.74, 6) is 2.29. The molecule has 2 N–H and O–H groups in total. The van der Waals surface area contributed by atoms with E-state index in [2.05, 4.69) is 0 Å². The molecule has 6 nitrogen and oxygen atoms in total. The molecule has 1 unspecified atom stereocenters. The summed E-state index contributed by atoms with van der Waals surface area (Å²) in [5, 5.41) is 20.2. The van der Waals surface area contributed by atoms with Gasteiger partial charge in [-0.1, -0.05) is 0 Å². The zero-order chi connectivity index (χ0) is 20.1. The lowest BCUT2D eigenvalue weighted by atomic mass is 9.87. The molecule has 0 fully saturated rings. The maximum atomic E-state index is 10.4. The van der Waals surface area contributed by atoms with Gasteiger partial charge in [0, 0.05) is 29.2 Å². The highest BCUT2D eigenvalue weighted by molar-refractivity contribution is 5.72. The van der Waals surface area contributed by atoms with E-state index in [0.29, 0.717) is 30.1 Å². The van der Waals surface area contributed by atoms with Gasteiger partial charge in [0.25, 0.3) is 0 Å². The molecule has 6 heteroatoms. The molecule has 28 heavy (non-hydrogen) atoms. The van der Waals surface area contributed by atoms with Crippen molar-refractivity contribution in [3.05, 3.63) is 41.0 Å². The zero-order valence-corrected chi connectivity index (χ0v) is 16.4. The Labute approximate surface area is 163 Å². The van der Waals surface area contributed by atoms with Gasteiger partial charge in [0.1, 0.15) is 28.6 Å². The summed E-state index contributed by atoms with van der Waals surface area (Å²) in [6.45, 7) is 4.38. The fraction of sp³-hybridized carbons (Fsp3) is 0.364. The van der Waals surface area contributed by atoms with Crippen LogP contribution in [0.4, 0.5) is 0 Å². The molecular formula is C22H24O6. The minimum absolute atomic E-state index is 0.0113. The van der Waals surface area contributed by atoms with Crippen molar-refractivity contribution in [2.45, 2.75) is 31.8 Å². The molecule has 4 rings (SSSR count). The SMILES string of the molecule is COc1cc(C2COc3cc4c(c(OC)c3C2)C=CC(C)(C)O4)c(O)cc1O. The molecule has 148 valence electrons. The highest BCUT2D eigenvalue weighted by Gasteiger charge is 2.32. The van der Waals surface area contributed by atoms with E-state index in [-0.39, 0.29) is 17.4 Å². The van der Waals surface area contributed by atoms with Crippen molar-refractivity contribution in [1.29, 1.82) is 0 Å². The number of phenolic OH excluding ortho intramolecular Hbond substituents is 2. The third-order valence-electron chi connectivity index (χ3n) is 5.23. The molecule has 2 aromatic carbocycles. The number of rotatable bonds is 3.